The van der Waals surface area contributed by atoms with Gasteiger partial charge >= 0.3 is 0 Å². The molecule has 3 rings (SSSR count). The van der Waals surface area contributed by atoms with E-state index >= 15 is 0 Å². The third-order valence-electron chi connectivity index (χ3n) is 3.27. The Labute approximate surface area is 111 Å². The summed E-state index contributed by atoms with van der Waals surface area (Å²) in [6, 6.07) is 1.89. The minimum Gasteiger partial charge on any atom is -0.368 e. The smallest absolute Gasteiger partial charge is 0.230 e. The molecular formula is C12H17N7. The van der Waals surface area contributed by atoms with Crippen LogP contribution in [-0.2, 0) is 6.54 Å². The molecule has 2 aromatic rings. The number of nitrogen functional groups attached to an aromatic ring is 1. The van der Waals surface area contributed by atoms with Gasteiger partial charge in [-0.25, -0.2) is 0 Å². The maximum Gasteiger partial charge on any atom is 0.230 e. The van der Waals surface area contributed by atoms with Crippen molar-refractivity contribution in [3.05, 3.63) is 12.3 Å². The third kappa shape index (κ3) is 2.23. The van der Waals surface area contributed by atoms with E-state index < -0.39 is 0 Å². The minimum absolute atomic E-state index is 0.260. The van der Waals surface area contributed by atoms with Crippen LogP contribution in [0, 0.1) is 0 Å². The molecule has 0 unspecified atom stereocenters. The first-order chi connectivity index (χ1) is 9.28. The van der Waals surface area contributed by atoms with Crippen molar-refractivity contribution in [3.63, 3.8) is 0 Å². The van der Waals surface area contributed by atoms with Gasteiger partial charge in [0.2, 0.25) is 11.9 Å². The van der Waals surface area contributed by atoms with Gasteiger partial charge in [-0.1, -0.05) is 0 Å². The van der Waals surface area contributed by atoms with Gasteiger partial charge in [-0.2, -0.15) is 20.1 Å². The zero-order valence-corrected chi connectivity index (χ0v) is 11.0. The normalized spacial score (nSPS) is 15.1. The second-order valence-corrected chi connectivity index (χ2v) is 4.54. The largest absolute Gasteiger partial charge is 0.368 e. The number of hydrogen-bond acceptors (Lipinski definition) is 6. The molecule has 1 saturated heterocycles. The summed E-state index contributed by atoms with van der Waals surface area (Å²) >= 11 is 0. The van der Waals surface area contributed by atoms with Gasteiger partial charge in [0.25, 0.3) is 0 Å². The summed E-state index contributed by atoms with van der Waals surface area (Å²) in [6.45, 7) is 4.77. The van der Waals surface area contributed by atoms with Crippen molar-refractivity contribution in [2.24, 2.45) is 0 Å². The van der Waals surface area contributed by atoms with Crippen LogP contribution >= 0.6 is 0 Å². The van der Waals surface area contributed by atoms with E-state index in [0.717, 1.165) is 25.3 Å². The molecule has 0 spiro atoms. The zero-order valence-electron chi connectivity index (χ0n) is 11.0. The van der Waals surface area contributed by atoms with Crippen LogP contribution in [-0.4, -0.2) is 37.8 Å². The predicted molar refractivity (Wildman–Crippen MR) is 72.6 cm³/mol. The lowest BCUT2D eigenvalue weighted by Crippen LogP contribution is -2.22. The van der Waals surface area contributed by atoms with Gasteiger partial charge in [0.15, 0.2) is 5.82 Å². The molecule has 2 aromatic heterocycles. The van der Waals surface area contributed by atoms with Gasteiger partial charge < -0.3 is 10.6 Å². The van der Waals surface area contributed by atoms with Gasteiger partial charge in [0, 0.05) is 25.8 Å². The fourth-order valence-corrected chi connectivity index (χ4v) is 2.33. The van der Waals surface area contributed by atoms with Crippen LogP contribution in [0.25, 0.3) is 11.5 Å². The highest BCUT2D eigenvalue weighted by molar-refractivity contribution is 5.53. The van der Waals surface area contributed by atoms with E-state index in [1.807, 2.05) is 17.7 Å². The molecule has 2 N–H and O–H groups in total. The molecule has 19 heavy (non-hydrogen) atoms. The van der Waals surface area contributed by atoms with E-state index in [0.29, 0.717) is 11.8 Å². The second kappa shape index (κ2) is 4.83. The lowest BCUT2D eigenvalue weighted by atomic mass is 10.4. The van der Waals surface area contributed by atoms with Crippen LogP contribution in [0.15, 0.2) is 12.3 Å². The Morgan fingerprint density at radius 2 is 2.00 bits per heavy atom. The summed E-state index contributed by atoms with van der Waals surface area (Å²) in [6.07, 6.45) is 4.09. The third-order valence-corrected chi connectivity index (χ3v) is 3.27. The maximum atomic E-state index is 5.81. The molecule has 0 aliphatic carbocycles. The standard InChI is InChI=1S/C12H17N7/c1-2-19-9(5-6-14-19)10-15-11(13)17-12(16-10)18-7-3-4-8-18/h5-6H,2-4,7-8H2,1H3,(H2,13,15,16,17). The number of aryl methyl sites for hydroxylation is 1. The Kier molecular flexibility index (Phi) is 3.02. The van der Waals surface area contributed by atoms with Crippen molar-refractivity contribution in [3.8, 4) is 11.5 Å². The first-order valence-electron chi connectivity index (χ1n) is 6.56. The Bertz CT molecular complexity index is 571. The Balaban J connectivity index is 2.02. The van der Waals surface area contributed by atoms with E-state index in [9.17, 15) is 0 Å². The molecule has 1 aliphatic heterocycles. The number of nitrogens with zero attached hydrogens (tertiary/aromatic N) is 6. The molecule has 1 aliphatic rings. The highest BCUT2D eigenvalue weighted by Crippen LogP contribution is 2.21. The van der Waals surface area contributed by atoms with Crippen molar-refractivity contribution >= 4 is 11.9 Å². The van der Waals surface area contributed by atoms with E-state index in [2.05, 4.69) is 25.0 Å². The number of rotatable bonds is 3. The van der Waals surface area contributed by atoms with Crippen molar-refractivity contribution < 1.29 is 0 Å². The Morgan fingerprint density at radius 3 is 2.74 bits per heavy atom. The summed E-state index contributed by atoms with van der Waals surface area (Å²) in [7, 11) is 0. The molecule has 0 radical (unpaired) electrons. The summed E-state index contributed by atoms with van der Waals surface area (Å²) in [5.74, 6) is 1.52. The first kappa shape index (κ1) is 11.9. The Hall–Kier alpha value is -2.18. The lowest BCUT2D eigenvalue weighted by Gasteiger charge is -2.15. The second-order valence-electron chi connectivity index (χ2n) is 4.54. The summed E-state index contributed by atoms with van der Waals surface area (Å²) in [4.78, 5) is 15.1. The highest BCUT2D eigenvalue weighted by Gasteiger charge is 2.18. The van der Waals surface area contributed by atoms with Gasteiger partial charge in [-0.3, -0.25) is 4.68 Å². The molecule has 0 atom stereocenters. The van der Waals surface area contributed by atoms with E-state index in [-0.39, 0.29) is 5.95 Å². The van der Waals surface area contributed by atoms with Gasteiger partial charge in [0.1, 0.15) is 5.69 Å². The number of aromatic nitrogens is 5. The monoisotopic (exact) mass is 259 g/mol. The summed E-state index contributed by atoms with van der Waals surface area (Å²) in [5.41, 5.74) is 6.68. The van der Waals surface area contributed by atoms with Crippen molar-refractivity contribution in [2.45, 2.75) is 26.3 Å². The van der Waals surface area contributed by atoms with Crippen LogP contribution in [0.4, 0.5) is 11.9 Å². The van der Waals surface area contributed by atoms with Crippen molar-refractivity contribution in [1.29, 1.82) is 0 Å². The van der Waals surface area contributed by atoms with Crippen LogP contribution in [0.5, 0.6) is 0 Å². The van der Waals surface area contributed by atoms with E-state index in [4.69, 9.17) is 5.73 Å². The molecule has 7 heteroatoms. The minimum atomic E-state index is 0.260. The zero-order chi connectivity index (χ0) is 13.2. The van der Waals surface area contributed by atoms with Crippen molar-refractivity contribution in [1.82, 2.24) is 24.7 Å². The first-order valence-corrected chi connectivity index (χ1v) is 6.56. The molecular weight excluding hydrogens is 242 g/mol. The summed E-state index contributed by atoms with van der Waals surface area (Å²) in [5, 5.41) is 4.23. The number of nitrogens with two attached hydrogens (primary N) is 1. The van der Waals surface area contributed by atoms with Crippen LogP contribution < -0.4 is 10.6 Å². The van der Waals surface area contributed by atoms with Gasteiger partial charge in [0.05, 0.1) is 0 Å². The van der Waals surface area contributed by atoms with Crippen LogP contribution in [0.1, 0.15) is 19.8 Å². The topological polar surface area (TPSA) is 85.8 Å². The lowest BCUT2D eigenvalue weighted by molar-refractivity contribution is 0.663. The average molecular weight is 259 g/mol. The molecule has 7 nitrogen and oxygen atoms in total. The summed E-state index contributed by atoms with van der Waals surface area (Å²) < 4.78 is 1.85. The fraction of sp³-hybridized carbons (Fsp3) is 0.500. The molecule has 0 saturated carbocycles. The number of hydrogen-bond donors (Lipinski definition) is 1. The van der Waals surface area contributed by atoms with E-state index in [1.165, 1.54) is 12.8 Å². The SMILES string of the molecule is CCn1nccc1-c1nc(N)nc(N2CCCC2)n1. The molecule has 0 bridgehead atoms. The maximum absolute atomic E-state index is 5.81. The Morgan fingerprint density at radius 1 is 1.21 bits per heavy atom. The van der Waals surface area contributed by atoms with Gasteiger partial charge in [-0.15, -0.1) is 0 Å². The van der Waals surface area contributed by atoms with Crippen LogP contribution in [0.2, 0.25) is 0 Å². The molecule has 0 aromatic carbocycles. The van der Waals surface area contributed by atoms with Crippen molar-refractivity contribution in [2.75, 3.05) is 23.7 Å². The molecule has 1 fully saturated rings. The van der Waals surface area contributed by atoms with Gasteiger partial charge in [-0.05, 0) is 25.8 Å². The highest BCUT2D eigenvalue weighted by atomic mass is 15.3. The molecule has 3 heterocycles. The molecule has 0 amide bonds. The molecule has 100 valence electrons. The predicted octanol–water partition coefficient (Wildman–Crippen LogP) is 0.937. The average Bonchev–Trinajstić information content (AvgIpc) is 3.09. The van der Waals surface area contributed by atoms with Crippen LogP contribution in [0.3, 0.4) is 0 Å². The quantitative estimate of drug-likeness (QED) is 0.882. The fourth-order valence-electron chi connectivity index (χ4n) is 2.33. The number of anilines is 2. The van der Waals surface area contributed by atoms with E-state index in [1.54, 1.807) is 6.20 Å².